The number of carbonyl (C=O) groups excluding carboxylic acids is 3. The molecule has 322 valence electrons. The summed E-state index contributed by atoms with van der Waals surface area (Å²) < 4.78 is 11.0. The minimum atomic E-state index is -0.247. The standard InChI is InChI=1S/C50H57N7O5/c58-47(30-39-6-1-3-8-41(39)33-54-22-26-61-27-23-54)56-21-19-43(35-56)50(60)52-44-17-15-37(16-18-44)36-11-13-38(14-12-36)45-32-51-49(53-45)46-10-5-20-57(46)48(59)31-40-7-2-4-9-42(40)34-55-24-28-62-29-25-55/h1-4,6-9,11-18,32,43,46H,5,10,19-31,33-35H2,(H,51,53)(H,52,60)/t43-,46-/m0/s1. The average Bonchev–Trinajstić information content (AvgIpc) is 4.12. The third-order valence-electron chi connectivity index (χ3n) is 13.0. The first kappa shape index (κ1) is 41.7. The van der Waals surface area contributed by atoms with Crippen molar-refractivity contribution in [2.45, 2.75) is 51.2 Å². The number of carbonyl (C=O) groups is 3. The van der Waals surface area contributed by atoms with Crippen LogP contribution in [0.3, 0.4) is 0 Å². The number of ether oxygens (including phenoxy) is 2. The van der Waals surface area contributed by atoms with Crippen molar-refractivity contribution in [1.82, 2.24) is 29.6 Å². The molecule has 0 radical (unpaired) electrons. The Bertz CT molecular complexity index is 2320. The van der Waals surface area contributed by atoms with Crippen molar-refractivity contribution in [2.75, 3.05) is 77.6 Å². The fourth-order valence-corrected chi connectivity index (χ4v) is 9.34. The first-order valence-corrected chi connectivity index (χ1v) is 22.3. The predicted octanol–water partition coefficient (Wildman–Crippen LogP) is 6.34. The van der Waals surface area contributed by atoms with E-state index in [1.54, 1.807) is 0 Å². The number of amides is 3. The molecule has 4 aliphatic heterocycles. The Kier molecular flexibility index (Phi) is 13.2. The van der Waals surface area contributed by atoms with E-state index in [9.17, 15) is 14.4 Å². The summed E-state index contributed by atoms with van der Waals surface area (Å²) in [5.41, 5.74) is 9.30. The summed E-state index contributed by atoms with van der Waals surface area (Å²) >= 11 is 0. The van der Waals surface area contributed by atoms with Crippen LogP contribution in [-0.4, -0.2) is 120 Å². The van der Waals surface area contributed by atoms with E-state index in [1.165, 1.54) is 11.1 Å². The number of hydrogen-bond donors (Lipinski definition) is 2. The Morgan fingerprint density at radius 3 is 1.79 bits per heavy atom. The summed E-state index contributed by atoms with van der Waals surface area (Å²) in [6, 6.07) is 32.7. The van der Waals surface area contributed by atoms with Gasteiger partial charge in [-0.25, -0.2) is 4.98 Å². The fourth-order valence-electron chi connectivity index (χ4n) is 9.34. The number of H-pyrrole nitrogens is 1. The molecule has 3 amide bonds. The molecule has 5 heterocycles. The number of nitrogens with zero attached hydrogens (tertiary/aromatic N) is 5. The number of benzene rings is 4. The van der Waals surface area contributed by atoms with Gasteiger partial charge in [0.15, 0.2) is 0 Å². The van der Waals surface area contributed by atoms with Gasteiger partial charge in [-0.3, -0.25) is 24.2 Å². The molecular weight excluding hydrogens is 779 g/mol. The van der Waals surface area contributed by atoms with Gasteiger partial charge in [0.2, 0.25) is 17.7 Å². The zero-order chi connectivity index (χ0) is 42.3. The lowest BCUT2D eigenvalue weighted by molar-refractivity contribution is -0.132. The Morgan fingerprint density at radius 2 is 1.18 bits per heavy atom. The van der Waals surface area contributed by atoms with E-state index in [2.05, 4.69) is 68.6 Å². The number of anilines is 1. The molecule has 4 aliphatic rings. The zero-order valence-electron chi connectivity index (χ0n) is 35.5. The van der Waals surface area contributed by atoms with E-state index in [0.717, 1.165) is 130 Å². The molecule has 12 nitrogen and oxygen atoms in total. The van der Waals surface area contributed by atoms with Gasteiger partial charge in [-0.15, -0.1) is 0 Å². The van der Waals surface area contributed by atoms with E-state index in [4.69, 9.17) is 14.5 Å². The lowest BCUT2D eigenvalue weighted by Crippen LogP contribution is -2.36. The van der Waals surface area contributed by atoms with Crippen molar-refractivity contribution in [3.05, 3.63) is 131 Å². The molecule has 2 atom stereocenters. The number of morpholine rings is 2. The molecule has 1 aromatic heterocycles. The number of likely N-dealkylation sites (tertiary alicyclic amines) is 2. The van der Waals surface area contributed by atoms with E-state index in [1.807, 2.05) is 64.5 Å². The van der Waals surface area contributed by atoms with Crippen molar-refractivity contribution in [3.63, 3.8) is 0 Å². The van der Waals surface area contributed by atoms with Crippen molar-refractivity contribution in [2.24, 2.45) is 5.92 Å². The third-order valence-corrected chi connectivity index (χ3v) is 13.0. The topological polar surface area (TPSA) is 123 Å². The average molecular weight is 836 g/mol. The van der Waals surface area contributed by atoms with Gasteiger partial charge in [0, 0.05) is 64.6 Å². The maximum absolute atomic E-state index is 13.8. The van der Waals surface area contributed by atoms with Crippen LogP contribution in [0, 0.1) is 5.92 Å². The number of aromatic nitrogens is 2. The molecule has 0 aliphatic carbocycles. The summed E-state index contributed by atoms with van der Waals surface area (Å²) in [5, 5.41) is 3.09. The normalized spacial score (nSPS) is 19.8. The SMILES string of the molecule is O=C(Nc1ccc(-c2ccc(-c3cnc([C@@H]4CCCN4C(=O)Cc4ccccc4CN4CCOCC4)[nH]3)cc2)cc1)[C@H]1CCN(C(=O)Cc2ccccc2CN2CCOCC2)C1. The van der Waals surface area contributed by atoms with Gasteiger partial charge in [-0.1, -0.05) is 84.9 Å². The molecule has 5 aromatic rings. The molecule has 0 bridgehead atoms. The largest absolute Gasteiger partial charge is 0.379 e. The maximum Gasteiger partial charge on any atom is 0.229 e. The van der Waals surface area contributed by atoms with Gasteiger partial charge < -0.3 is 29.6 Å². The van der Waals surface area contributed by atoms with E-state index in [-0.39, 0.29) is 29.7 Å². The number of aromatic amines is 1. The molecule has 0 unspecified atom stereocenters. The smallest absolute Gasteiger partial charge is 0.229 e. The highest BCUT2D eigenvalue weighted by molar-refractivity contribution is 5.94. The summed E-state index contributed by atoms with van der Waals surface area (Å²) in [6.45, 7) is 10.0. The molecule has 62 heavy (non-hydrogen) atoms. The van der Waals surface area contributed by atoms with Gasteiger partial charge in [-0.2, -0.15) is 0 Å². The summed E-state index contributed by atoms with van der Waals surface area (Å²) in [6.07, 6.45) is 5.08. The third kappa shape index (κ3) is 10.0. The highest BCUT2D eigenvalue weighted by atomic mass is 16.5. The van der Waals surface area contributed by atoms with Crippen LogP contribution in [-0.2, 0) is 49.8 Å². The summed E-state index contributed by atoms with van der Waals surface area (Å²) in [7, 11) is 0. The molecule has 9 rings (SSSR count). The Hall–Kier alpha value is -5.66. The number of hydrogen-bond acceptors (Lipinski definition) is 8. The van der Waals surface area contributed by atoms with Crippen LogP contribution in [0.2, 0.25) is 0 Å². The highest BCUT2D eigenvalue weighted by Gasteiger charge is 2.33. The number of imidazole rings is 1. The summed E-state index contributed by atoms with van der Waals surface area (Å²) in [4.78, 5) is 57.4. The second kappa shape index (κ2) is 19.6. The van der Waals surface area contributed by atoms with E-state index >= 15 is 0 Å². The lowest BCUT2D eigenvalue weighted by Gasteiger charge is -2.28. The Morgan fingerprint density at radius 1 is 0.629 bits per heavy atom. The quantitative estimate of drug-likeness (QED) is 0.141. The summed E-state index contributed by atoms with van der Waals surface area (Å²) in [5.74, 6) is 0.729. The first-order chi connectivity index (χ1) is 30.4. The van der Waals surface area contributed by atoms with Gasteiger partial charge in [-0.05, 0) is 70.3 Å². The van der Waals surface area contributed by atoms with Crippen LogP contribution in [0.25, 0.3) is 22.4 Å². The molecule has 4 fully saturated rings. The predicted molar refractivity (Wildman–Crippen MR) is 239 cm³/mol. The van der Waals surface area contributed by atoms with E-state index in [0.29, 0.717) is 32.4 Å². The van der Waals surface area contributed by atoms with Crippen molar-refractivity contribution in [3.8, 4) is 22.4 Å². The van der Waals surface area contributed by atoms with Gasteiger partial charge in [0.1, 0.15) is 5.82 Å². The molecule has 12 heteroatoms. The maximum atomic E-state index is 13.8. The lowest BCUT2D eigenvalue weighted by atomic mass is 10.0. The molecule has 4 saturated heterocycles. The minimum Gasteiger partial charge on any atom is -0.379 e. The molecule has 0 spiro atoms. The first-order valence-electron chi connectivity index (χ1n) is 22.3. The molecular formula is C50H57N7O5. The zero-order valence-corrected chi connectivity index (χ0v) is 35.5. The fraction of sp³-hybridized carbons (Fsp3) is 0.400. The van der Waals surface area contributed by atoms with Gasteiger partial charge in [0.05, 0.1) is 63.1 Å². The molecule has 2 N–H and O–H groups in total. The molecule has 4 aromatic carbocycles. The second-order valence-electron chi connectivity index (χ2n) is 17.1. The minimum absolute atomic E-state index is 0.0565. The second-order valence-corrected chi connectivity index (χ2v) is 17.1. The van der Waals surface area contributed by atoms with Crippen molar-refractivity contribution in [1.29, 1.82) is 0 Å². The highest BCUT2D eigenvalue weighted by Crippen LogP contribution is 2.33. The molecule has 0 saturated carbocycles. The van der Waals surface area contributed by atoms with Crippen LogP contribution in [0.15, 0.2) is 103 Å². The van der Waals surface area contributed by atoms with Crippen molar-refractivity contribution >= 4 is 23.4 Å². The van der Waals surface area contributed by atoms with Crippen molar-refractivity contribution < 1.29 is 23.9 Å². The van der Waals surface area contributed by atoms with Crippen LogP contribution >= 0.6 is 0 Å². The van der Waals surface area contributed by atoms with E-state index < -0.39 is 0 Å². The number of nitrogens with one attached hydrogen (secondary N) is 2. The van der Waals surface area contributed by atoms with Crippen LogP contribution in [0.1, 0.15) is 53.4 Å². The van der Waals surface area contributed by atoms with Gasteiger partial charge >= 0.3 is 0 Å². The monoisotopic (exact) mass is 835 g/mol. The Balaban J connectivity index is 0.763. The Labute approximate surface area is 364 Å². The van der Waals surface area contributed by atoms with Crippen LogP contribution in [0.5, 0.6) is 0 Å². The number of rotatable bonds is 13. The van der Waals surface area contributed by atoms with Crippen LogP contribution < -0.4 is 5.32 Å². The van der Waals surface area contributed by atoms with Crippen LogP contribution in [0.4, 0.5) is 5.69 Å². The van der Waals surface area contributed by atoms with Gasteiger partial charge in [0.25, 0.3) is 0 Å².